The molecule has 3 nitrogen and oxygen atoms in total. The second kappa shape index (κ2) is 4.43. The molecule has 2 heterocycles. The first-order valence-corrected chi connectivity index (χ1v) is 6.23. The van der Waals surface area contributed by atoms with Crippen LogP contribution in [0.2, 0.25) is 15.1 Å². The van der Waals surface area contributed by atoms with Gasteiger partial charge in [0.1, 0.15) is 5.82 Å². The Morgan fingerprint density at radius 3 is 2.44 bits per heavy atom. The van der Waals surface area contributed by atoms with Crippen LogP contribution >= 0.6 is 34.8 Å². The molecule has 0 saturated carbocycles. The number of pyridine rings is 1. The van der Waals surface area contributed by atoms with Crippen LogP contribution in [0.5, 0.6) is 0 Å². The SMILES string of the molecule is Clc1ccc2nc(-c3c(Cl)cncc3Cl)[nH]c2c1. The fraction of sp³-hybridized carbons (Fsp3) is 0. The number of imidazole rings is 1. The molecule has 0 aliphatic heterocycles. The number of hydrogen-bond acceptors (Lipinski definition) is 2. The summed E-state index contributed by atoms with van der Waals surface area (Å²) in [4.78, 5) is 11.5. The molecule has 0 amide bonds. The van der Waals surface area contributed by atoms with Crippen molar-refractivity contribution in [1.82, 2.24) is 15.0 Å². The maximum absolute atomic E-state index is 6.09. The summed E-state index contributed by atoms with van der Waals surface area (Å²) in [6, 6.07) is 5.42. The molecule has 1 N–H and O–H groups in total. The second-order valence-electron chi connectivity index (χ2n) is 3.73. The number of rotatable bonds is 1. The first-order valence-electron chi connectivity index (χ1n) is 5.10. The Labute approximate surface area is 118 Å². The third-order valence-corrected chi connectivity index (χ3v) is 3.34. The Balaban J connectivity index is 2.26. The van der Waals surface area contributed by atoms with Crippen LogP contribution in [-0.4, -0.2) is 15.0 Å². The number of halogens is 3. The molecule has 0 fully saturated rings. The van der Waals surface area contributed by atoms with Gasteiger partial charge in [0.2, 0.25) is 0 Å². The molecule has 0 aliphatic carbocycles. The third-order valence-electron chi connectivity index (χ3n) is 2.53. The summed E-state index contributed by atoms with van der Waals surface area (Å²) in [6.07, 6.45) is 3.06. The van der Waals surface area contributed by atoms with E-state index in [0.29, 0.717) is 26.5 Å². The molecule has 0 atom stereocenters. The predicted octanol–water partition coefficient (Wildman–Crippen LogP) is 4.59. The van der Waals surface area contributed by atoms with Crippen molar-refractivity contribution < 1.29 is 0 Å². The fourth-order valence-corrected chi connectivity index (χ4v) is 2.45. The predicted molar refractivity (Wildman–Crippen MR) is 74.4 cm³/mol. The van der Waals surface area contributed by atoms with Crippen molar-refractivity contribution in [2.75, 3.05) is 0 Å². The molecule has 90 valence electrons. The minimum Gasteiger partial charge on any atom is -0.338 e. The summed E-state index contributed by atoms with van der Waals surface area (Å²) in [5, 5.41) is 1.55. The Morgan fingerprint density at radius 2 is 1.72 bits per heavy atom. The van der Waals surface area contributed by atoms with Crippen molar-refractivity contribution >= 4 is 45.8 Å². The van der Waals surface area contributed by atoms with Crippen LogP contribution in [0.4, 0.5) is 0 Å². The van der Waals surface area contributed by atoms with E-state index in [1.807, 2.05) is 6.07 Å². The van der Waals surface area contributed by atoms with Crippen LogP contribution in [0.25, 0.3) is 22.4 Å². The van der Waals surface area contributed by atoms with E-state index in [0.717, 1.165) is 11.0 Å². The molecule has 0 radical (unpaired) electrons. The number of aromatic amines is 1. The highest BCUT2D eigenvalue weighted by Gasteiger charge is 2.13. The lowest BCUT2D eigenvalue weighted by Crippen LogP contribution is -1.85. The van der Waals surface area contributed by atoms with Gasteiger partial charge in [0.05, 0.1) is 26.6 Å². The normalized spacial score (nSPS) is 11.1. The minimum absolute atomic E-state index is 0.452. The van der Waals surface area contributed by atoms with Gasteiger partial charge >= 0.3 is 0 Å². The molecule has 3 aromatic rings. The number of benzene rings is 1. The maximum Gasteiger partial charge on any atom is 0.141 e. The van der Waals surface area contributed by atoms with Crippen molar-refractivity contribution in [3.8, 4) is 11.4 Å². The molecule has 3 rings (SSSR count). The lowest BCUT2D eigenvalue weighted by molar-refractivity contribution is 1.28. The van der Waals surface area contributed by atoms with Gasteiger partial charge in [0, 0.05) is 17.4 Å². The number of fused-ring (bicyclic) bond motifs is 1. The van der Waals surface area contributed by atoms with Gasteiger partial charge in [-0.05, 0) is 18.2 Å². The highest BCUT2D eigenvalue weighted by atomic mass is 35.5. The molecule has 18 heavy (non-hydrogen) atoms. The van der Waals surface area contributed by atoms with Crippen LogP contribution in [0.15, 0.2) is 30.6 Å². The molecular weight excluding hydrogens is 293 g/mol. The van der Waals surface area contributed by atoms with Crippen LogP contribution in [0, 0.1) is 0 Å². The maximum atomic E-state index is 6.09. The molecule has 6 heteroatoms. The van der Waals surface area contributed by atoms with Crippen LogP contribution < -0.4 is 0 Å². The number of H-pyrrole nitrogens is 1. The smallest absolute Gasteiger partial charge is 0.141 e. The van der Waals surface area contributed by atoms with E-state index in [9.17, 15) is 0 Å². The van der Waals surface area contributed by atoms with Gasteiger partial charge in [0.25, 0.3) is 0 Å². The summed E-state index contributed by atoms with van der Waals surface area (Å²) in [7, 11) is 0. The highest BCUT2D eigenvalue weighted by Crippen LogP contribution is 2.33. The van der Waals surface area contributed by atoms with Gasteiger partial charge in [-0.3, -0.25) is 4.98 Å². The Morgan fingerprint density at radius 1 is 1.00 bits per heavy atom. The van der Waals surface area contributed by atoms with Gasteiger partial charge in [-0.25, -0.2) is 4.98 Å². The third kappa shape index (κ3) is 1.94. The molecule has 0 aliphatic rings. The van der Waals surface area contributed by atoms with Crippen molar-refractivity contribution in [2.24, 2.45) is 0 Å². The van der Waals surface area contributed by atoms with Crippen LogP contribution in [0.1, 0.15) is 0 Å². The number of nitrogens with one attached hydrogen (secondary N) is 1. The average molecular weight is 299 g/mol. The molecule has 0 unspecified atom stereocenters. The molecule has 0 saturated heterocycles. The lowest BCUT2D eigenvalue weighted by Gasteiger charge is -2.01. The number of nitrogens with zero attached hydrogens (tertiary/aromatic N) is 2. The van der Waals surface area contributed by atoms with Crippen molar-refractivity contribution in [1.29, 1.82) is 0 Å². The second-order valence-corrected chi connectivity index (χ2v) is 4.98. The Hall–Kier alpha value is -1.29. The van der Waals surface area contributed by atoms with E-state index < -0.39 is 0 Å². The summed E-state index contributed by atoms with van der Waals surface area (Å²) in [6.45, 7) is 0. The average Bonchev–Trinajstić information content (AvgIpc) is 2.71. The van der Waals surface area contributed by atoms with Crippen molar-refractivity contribution in [3.63, 3.8) is 0 Å². The highest BCUT2D eigenvalue weighted by molar-refractivity contribution is 6.38. The molecule has 0 spiro atoms. The van der Waals surface area contributed by atoms with E-state index in [1.165, 1.54) is 12.4 Å². The molecule has 1 aromatic carbocycles. The summed E-state index contributed by atoms with van der Waals surface area (Å²) >= 11 is 18.1. The zero-order valence-electron chi connectivity index (χ0n) is 8.92. The molecule has 2 aromatic heterocycles. The fourth-order valence-electron chi connectivity index (χ4n) is 1.74. The van der Waals surface area contributed by atoms with Crippen LogP contribution in [-0.2, 0) is 0 Å². The van der Waals surface area contributed by atoms with Crippen LogP contribution in [0.3, 0.4) is 0 Å². The zero-order valence-corrected chi connectivity index (χ0v) is 11.2. The monoisotopic (exact) mass is 297 g/mol. The van der Waals surface area contributed by atoms with E-state index in [4.69, 9.17) is 34.8 Å². The van der Waals surface area contributed by atoms with Gasteiger partial charge in [-0.15, -0.1) is 0 Å². The van der Waals surface area contributed by atoms with E-state index >= 15 is 0 Å². The Bertz CT molecular complexity index is 716. The standard InChI is InChI=1S/C12H6Cl3N3/c13-6-1-2-9-10(3-6)18-12(17-9)11-7(14)4-16-5-8(11)15/h1-5H,(H,17,18). The Kier molecular flexibility index (Phi) is 2.90. The zero-order chi connectivity index (χ0) is 12.7. The topological polar surface area (TPSA) is 41.6 Å². The van der Waals surface area contributed by atoms with Crippen molar-refractivity contribution in [3.05, 3.63) is 45.7 Å². The largest absolute Gasteiger partial charge is 0.338 e. The van der Waals surface area contributed by atoms with Gasteiger partial charge < -0.3 is 4.98 Å². The van der Waals surface area contributed by atoms with Gasteiger partial charge in [-0.2, -0.15) is 0 Å². The van der Waals surface area contributed by atoms with Crippen molar-refractivity contribution in [2.45, 2.75) is 0 Å². The number of aromatic nitrogens is 3. The summed E-state index contributed by atoms with van der Waals surface area (Å²) in [5.41, 5.74) is 2.28. The van der Waals surface area contributed by atoms with Gasteiger partial charge in [0.15, 0.2) is 0 Å². The van der Waals surface area contributed by atoms with E-state index in [1.54, 1.807) is 12.1 Å². The number of hydrogen-bond donors (Lipinski definition) is 1. The quantitative estimate of drug-likeness (QED) is 0.714. The first-order chi connectivity index (χ1) is 8.65. The van der Waals surface area contributed by atoms with E-state index in [-0.39, 0.29) is 0 Å². The summed E-state index contributed by atoms with van der Waals surface area (Å²) in [5.74, 6) is 0.602. The van der Waals surface area contributed by atoms with Gasteiger partial charge in [-0.1, -0.05) is 34.8 Å². The summed E-state index contributed by atoms with van der Waals surface area (Å²) < 4.78 is 0. The molecular formula is C12H6Cl3N3. The first kappa shape index (κ1) is 11.8. The lowest BCUT2D eigenvalue weighted by atomic mass is 10.2. The van der Waals surface area contributed by atoms with E-state index in [2.05, 4.69) is 15.0 Å². The minimum atomic E-state index is 0.452. The molecule has 0 bridgehead atoms.